The molecule has 0 aliphatic rings. The summed E-state index contributed by atoms with van der Waals surface area (Å²) in [5.41, 5.74) is -0.986. The molecule has 0 bridgehead atoms. The molecule has 0 heterocycles. The van der Waals surface area contributed by atoms with Crippen LogP contribution in [0.2, 0.25) is 0 Å². The fourth-order valence-corrected chi connectivity index (χ4v) is 0.685. The predicted molar refractivity (Wildman–Crippen MR) is 54.3 cm³/mol. The quantitative estimate of drug-likeness (QED) is 0.678. The first-order chi connectivity index (χ1) is 5.77. The zero-order valence-electron chi connectivity index (χ0n) is 9.27. The van der Waals surface area contributed by atoms with Crippen LogP contribution >= 0.6 is 0 Å². The summed E-state index contributed by atoms with van der Waals surface area (Å²) in [5.74, 6) is 5.87. The molecule has 0 radical (unpaired) electrons. The van der Waals surface area contributed by atoms with Gasteiger partial charge in [0, 0.05) is 25.6 Å². The van der Waals surface area contributed by atoms with Crippen LogP contribution in [0.3, 0.4) is 0 Å². The lowest BCUT2D eigenvalue weighted by atomic mass is 9.95. The highest BCUT2D eigenvalue weighted by Crippen LogP contribution is 2.13. The Bertz CT molecular complexity index is 200. The van der Waals surface area contributed by atoms with E-state index in [9.17, 15) is 5.11 Å². The molecule has 0 amide bonds. The van der Waals surface area contributed by atoms with Gasteiger partial charge in [0.1, 0.15) is 5.60 Å². The summed E-state index contributed by atoms with van der Waals surface area (Å²) in [6.45, 7) is 8.31. The Kier molecular flexibility index (Phi) is 4.46. The Morgan fingerprint density at radius 2 is 1.69 bits per heavy atom. The van der Waals surface area contributed by atoms with E-state index in [1.807, 2.05) is 20.8 Å². The first kappa shape index (κ1) is 12.5. The number of ether oxygens (including phenoxy) is 1. The highest BCUT2D eigenvalue weighted by Gasteiger charge is 2.17. The van der Waals surface area contributed by atoms with Gasteiger partial charge < -0.3 is 9.84 Å². The minimum atomic E-state index is -0.927. The first-order valence-electron chi connectivity index (χ1n) is 4.52. The summed E-state index contributed by atoms with van der Waals surface area (Å²) in [5, 5.41) is 9.76. The van der Waals surface area contributed by atoms with Crippen molar-refractivity contribution < 1.29 is 9.84 Å². The smallest absolute Gasteiger partial charge is 0.124 e. The molecule has 76 valence electrons. The van der Waals surface area contributed by atoms with E-state index in [4.69, 9.17) is 4.74 Å². The standard InChI is InChI=1S/C11H20O2/c1-10(2,3)6-7-11(4,12)8-9-13-5/h12H,8-9H2,1-5H3. The van der Waals surface area contributed by atoms with Gasteiger partial charge in [0.2, 0.25) is 0 Å². The van der Waals surface area contributed by atoms with Gasteiger partial charge in [-0.1, -0.05) is 11.8 Å². The van der Waals surface area contributed by atoms with Crippen molar-refractivity contribution in [2.45, 2.75) is 39.7 Å². The highest BCUT2D eigenvalue weighted by atomic mass is 16.5. The molecule has 1 unspecified atom stereocenters. The van der Waals surface area contributed by atoms with Crippen molar-refractivity contribution in [2.24, 2.45) is 5.41 Å². The van der Waals surface area contributed by atoms with E-state index in [0.717, 1.165) is 0 Å². The average molecular weight is 184 g/mol. The third-order valence-corrected chi connectivity index (χ3v) is 1.50. The van der Waals surface area contributed by atoms with Crippen molar-refractivity contribution >= 4 is 0 Å². The normalized spacial score (nSPS) is 15.8. The minimum Gasteiger partial charge on any atom is -0.385 e. The Morgan fingerprint density at radius 1 is 1.15 bits per heavy atom. The third-order valence-electron chi connectivity index (χ3n) is 1.50. The zero-order chi connectivity index (χ0) is 10.5. The summed E-state index contributed by atoms with van der Waals surface area (Å²) in [7, 11) is 1.62. The maximum Gasteiger partial charge on any atom is 0.124 e. The molecule has 0 aliphatic heterocycles. The number of hydrogen-bond donors (Lipinski definition) is 1. The number of methoxy groups -OCH3 is 1. The number of hydrogen-bond acceptors (Lipinski definition) is 2. The van der Waals surface area contributed by atoms with Crippen molar-refractivity contribution in [1.29, 1.82) is 0 Å². The molecule has 1 N–H and O–H groups in total. The van der Waals surface area contributed by atoms with Crippen LogP contribution < -0.4 is 0 Å². The lowest BCUT2D eigenvalue weighted by molar-refractivity contribution is 0.0725. The van der Waals surface area contributed by atoms with Gasteiger partial charge in [-0.3, -0.25) is 0 Å². The Hall–Kier alpha value is -0.520. The SMILES string of the molecule is COCCC(C)(O)C#CC(C)(C)C. The molecule has 2 nitrogen and oxygen atoms in total. The Labute approximate surface area is 81.3 Å². The molecular weight excluding hydrogens is 164 g/mol. The summed E-state index contributed by atoms with van der Waals surface area (Å²) < 4.78 is 4.88. The second-order valence-corrected chi connectivity index (χ2v) is 4.52. The molecule has 0 aromatic rings. The van der Waals surface area contributed by atoms with Gasteiger partial charge in [-0.2, -0.15) is 0 Å². The van der Waals surface area contributed by atoms with E-state index in [1.54, 1.807) is 14.0 Å². The minimum absolute atomic E-state index is 0.0585. The van der Waals surface area contributed by atoms with Crippen LogP contribution in [-0.4, -0.2) is 24.4 Å². The van der Waals surface area contributed by atoms with Crippen molar-refractivity contribution in [1.82, 2.24) is 0 Å². The highest BCUT2D eigenvalue weighted by molar-refractivity contribution is 5.16. The first-order valence-corrected chi connectivity index (χ1v) is 4.52. The van der Waals surface area contributed by atoms with Crippen LogP contribution in [-0.2, 0) is 4.74 Å². The lowest BCUT2D eigenvalue weighted by Gasteiger charge is -2.17. The van der Waals surface area contributed by atoms with E-state index >= 15 is 0 Å². The maximum absolute atomic E-state index is 9.76. The summed E-state index contributed by atoms with van der Waals surface area (Å²) in [6.07, 6.45) is 0.548. The van der Waals surface area contributed by atoms with Crippen LogP contribution in [0.4, 0.5) is 0 Å². The van der Waals surface area contributed by atoms with Crippen LogP contribution in [0.5, 0.6) is 0 Å². The van der Waals surface area contributed by atoms with E-state index in [0.29, 0.717) is 13.0 Å². The molecule has 1 atom stereocenters. The van der Waals surface area contributed by atoms with Crippen LogP contribution in [0.25, 0.3) is 0 Å². The van der Waals surface area contributed by atoms with E-state index in [2.05, 4.69) is 11.8 Å². The Morgan fingerprint density at radius 3 is 2.08 bits per heavy atom. The molecule has 0 aliphatic carbocycles. The van der Waals surface area contributed by atoms with Gasteiger partial charge in [-0.25, -0.2) is 0 Å². The van der Waals surface area contributed by atoms with Crippen molar-refractivity contribution in [3.63, 3.8) is 0 Å². The van der Waals surface area contributed by atoms with Gasteiger partial charge in [-0.05, 0) is 27.7 Å². The summed E-state index contributed by atoms with van der Waals surface area (Å²) in [4.78, 5) is 0. The fraction of sp³-hybridized carbons (Fsp3) is 0.818. The van der Waals surface area contributed by atoms with Crippen LogP contribution in [0, 0.1) is 17.3 Å². The van der Waals surface area contributed by atoms with Crippen molar-refractivity contribution in [3.05, 3.63) is 0 Å². The second kappa shape index (κ2) is 4.64. The van der Waals surface area contributed by atoms with Crippen LogP contribution in [0.15, 0.2) is 0 Å². The monoisotopic (exact) mass is 184 g/mol. The van der Waals surface area contributed by atoms with Gasteiger partial charge >= 0.3 is 0 Å². The molecule has 0 saturated heterocycles. The van der Waals surface area contributed by atoms with Crippen molar-refractivity contribution in [3.8, 4) is 11.8 Å². The van der Waals surface area contributed by atoms with Crippen molar-refractivity contribution in [2.75, 3.05) is 13.7 Å². The van der Waals surface area contributed by atoms with Gasteiger partial charge in [0.05, 0.1) is 0 Å². The maximum atomic E-state index is 9.76. The summed E-state index contributed by atoms with van der Waals surface area (Å²) >= 11 is 0. The Balaban J connectivity index is 4.20. The molecule has 0 fully saturated rings. The van der Waals surface area contributed by atoms with E-state index in [1.165, 1.54) is 0 Å². The molecule has 13 heavy (non-hydrogen) atoms. The van der Waals surface area contributed by atoms with Gasteiger partial charge in [0.25, 0.3) is 0 Å². The predicted octanol–water partition coefficient (Wildman–Crippen LogP) is 1.82. The van der Waals surface area contributed by atoms with Gasteiger partial charge in [0.15, 0.2) is 0 Å². The molecule has 0 aromatic carbocycles. The van der Waals surface area contributed by atoms with Crippen LogP contribution in [0.1, 0.15) is 34.1 Å². The van der Waals surface area contributed by atoms with Gasteiger partial charge in [-0.15, -0.1) is 0 Å². The molecule has 0 rings (SSSR count). The topological polar surface area (TPSA) is 29.5 Å². The molecule has 2 heteroatoms. The van der Waals surface area contributed by atoms with E-state index in [-0.39, 0.29) is 5.41 Å². The fourth-order valence-electron chi connectivity index (χ4n) is 0.685. The zero-order valence-corrected chi connectivity index (χ0v) is 9.27. The number of aliphatic hydroxyl groups is 1. The molecule has 0 saturated carbocycles. The second-order valence-electron chi connectivity index (χ2n) is 4.52. The lowest BCUT2D eigenvalue weighted by Crippen LogP contribution is -2.24. The summed E-state index contributed by atoms with van der Waals surface area (Å²) in [6, 6.07) is 0. The largest absolute Gasteiger partial charge is 0.385 e. The molecular formula is C11H20O2. The molecule has 0 spiro atoms. The number of rotatable bonds is 3. The third kappa shape index (κ3) is 7.83. The van der Waals surface area contributed by atoms with E-state index < -0.39 is 5.60 Å². The molecule has 0 aromatic heterocycles. The average Bonchev–Trinajstić information content (AvgIpc) is 1.97.